The van der Waals surface area contributed by atoms with Gasteiger partial charge < -0.3 is 19.8 Å². The van der Waals surface area contributed by atoms with Crippen molar-refractivity contribution in [3.63, 3.8) is 0 Å². The minimum absolute atomic E-state index is 0.168. The molecule has 7 nitrogen and oxygen atoms in total. The van der Waals surface area contributed by atoms with Crippen LogP contribution in [0.5, 0.6) is 5.75 Å². The van der Waals surface area contributed by atoms with Crippen molar-refractivity contribution < 1.29 is 29.5 Å². The number of anilines is 1. The number of fused-ring (bicyclic) bond motifs is 4. The summed E-state index contributed by atoms with van der Waals surface area (Å²) in [6.45, 7) is 8.44. The number of ether oxygens (including phenoxy) is 1. The average molecular weight is 650 g/mol. The number of benzene rings is 4. The van der Waals surface area contributed by atoms with Crippen LogP contribution in [-0.2, 0) is 21.0 Å². The maximum atomic E-state index is 12.7. The Kier molecular flexibility index (Phi) is 6.05. The molecule has 2 N–H and O–H groups in total. The van der Waals surface area contributed by atoms with Gasteiger partial charge in [0.25, 0.3) is 0 Å². The van der Waals surface area contributed by atoms with Crippen LogP contribution < -0.4 is 9.64 Å². The molecule has 244 valence electrons. The van der Waals surface area contributed by atoms with Crippen LogP contribution in [-0.4, -0.2) is 34.9 Å². The lowest BCUT2D eigenvalue weighted by molar-refractivity contribution is -0.417. The molecule has 6 aliphatic rings. The van der Waals surface area contributed by atoms with Gasteiger partial charge in [0.2, 0.25) is 0 Å². The molecule has 0 fully saturated rings. The Hall–Kier alpha value is -5.21. The molecule has 2 aliphatic carbocycles. The lowest BCUT2D eigenvalue weighted by atomic mass is 9.63. The van der Waals surface area contributed by atoms with Gasteiger partial charge in [-0.3, -0.25) is 0 Å². The van der Waals surface area contributed by atoms with E-state index in [4.69, 9.17) is 14.5 Å². The first kappa shape index (κ1) is 29.9. The van der Waals surface area contributed by atoms with Crippen LogP contribution in [0.4, 0.5) is 5.69 Å². The number of rotatable bonds is 3. The summed E-state index contributed by atoms with van der Waals surface area (Å²) in [5.41, 5.74) is 7.91. The van der Waals surface area contributed by atoms with Gasteiger partial charge in [0, 0.05) is 57.8 Å². The summed E-state index contributed by atoms with van der Waals surface area (Å²) < 4.78 is 6.68. The summed E-state index contributed by atoms with van der Waals surface area (Å²) >= 11 is 0. The fraction of sp³-hybridized carbons (Fsp3) is 0.214. The van der Waals surface area contributed by atoms with E-state index in [0.717, 1.165) is 44.6 Å². The van der Waals surface area contributed by atoms with Crippen LogP contribution in [0.2, 0.25) is 0 Å². The predicted molar refractivity (Wildman–Crippen MR) is 187 cm³/mol. The number of aromatic carboxylic acids is 1. The zero-order chi connectivity index (χ0) is 34.0. The third-order valence-electron chi connectivity index (χ3n) is 11.1. The lowest BCUT2D eigenvalue weighted by Gasteiger charge is -2.53. The van der Waals surface area contributed by atoms with Gasteiger partial charge in [-0.15, -0.1) is 0 Å². The zero-order valence-electron chi connectivity index (χ0n) is 27.9. The van der Waals surface area contributed by atoms with E-state index in [-0.39, 0.29) is 11.1 Å². The molecule has 0 aromatic heterocycles. The molecule has 7 heteroatoms. The Morgan fingerprint density at radius 2 is 1.45 bits per heavy atom. The van der Waals surface area contributed by atoms with Gasteiger partial charge in [-0.1, -0.05) is 72.8 Å². The van der Waals surface area contributed by atoms with Crippen molar-refractivity contribution in [1.29, 1.82) is 0 Å². The standard InChI is InChI=1S/C42H35NO6/c1-23-22-40(2,3)43(5)34-20-36-27(18-26(23)34)38(24-12-6-7-13-25(24)39(45)46)28-19-33(35(44)21-37(28)47-36)42-31-16-10-8-14-29(31)41(4,48-49-42)30-15-9-11-17-32(30)42/h6-22,35,44H,1-5H3,(H,45,46). The minimum atomic E-state index is -1.28. The summed E-state index contributed by atoms with van der Waals surface area (Å²) in [7, 11) is 2.06. The molecule has 10 rings (SSSR count). The molecular formula is C42H35NO6. The van der Waals surface area contributed by atoms with Gasteiger partial charge in [-0.05, 0) is 74.2 Å². The largest absolute Gasteiger partial charge is 0.478 e. The second-order valence-corrected chi connectivity index (χ2v) is 14.2. The summed E-state index contributed by atoms with van der Waals surface area (Å²) in [5.74, 6) is -0.000954. The molecule has 49 heavy (non-hydrogen) atoms. The molecule has 0 spiro atoms. The average Bonchev–Trinajstić information content (AvgIpc) is 3.09. The molecule has 0 saturated heterocycles. The van der Waals surface area contributed by atoms with E-state index in [0.29, 0.717) is 33.8 Å². The number of carboxylic acids is 1. The van der Waals surface area contributed by atoms with Crippen LogP contribution in [0.1, 0.15) is 77.0 Å². The number of carboxylic acid groups (broad SMARTS) is 1. The third kappa shape index (κ3) is 3.86. The first-order valence-electron chi connectivity index (χ1n) is 16.5. The number of allylic oxidation sites excluding steroid dienone is 2. The molecule has 0 saturated carbocycles. The molecule has 4 aliphatic heterocycles. The second kappa shape index (κ2) is 9.92. The van der Waals surface area contributed by atoms with Crippen molar-refractivity contribution >= 4 is 22.8 Å². The molecule has 4 heterocycles. The number of likely N-dealkylation sites (N-methyl/N-ethyl adjacent to an activating group) is 1. The Morgan fingerprint density at radius 1 is 0.816 bits per heavy atom. The maximum Gasteiger partial charge on any atom is 0.336 e. The summed E-state index contributed by atoms with van der Waals surface area (Å²) in [4.78, 5) is 27.7. The Labute approximate surface area is 284 Å². The Morgan fingerprint density at radius 3 is 2.12 bits per heavy atom. The van der Waals surface area contributed by atoms with Crippen LogP contribution >= 0.6 is 0 Å². The van der Waals surface area contributed by atoms with Gasteiger partial charge in [-0.25, -0.2) is 14.6 Å². The van der Waals surface area contributed by atoms with E-state index in [9.17, 15) is 15.0 Å². The van der Waals surface area contributed by atoms with Gasteiger partial charge in [0.1, 0.15) is 17.6 Å². The molecule has 4 aromatic carbocycles. The number of aliphatic hydroxyl groups is 1. The van der Waals surface area contributed by atoms with Crippen molar-refractivity contribution in [2.75, 3.05) is 11.9 Å². The number of nitrogens with zero attached hydrogens (tertiary/aromatic N) is 1. The van der Waals surface area contributed by atoms with E-state index in [2.05, 4.69) is 44.9 Å². The fourth-order valence-corrected chi connectivity index (χ4v) is 8.51. The molecule has 0 radical (unpaired) electrons. The maximum absolute atomic E-state index is 12.7. The quantitative estimate of drug-likeness (QED) is 0.218. The molecule has 1 unspecified atom stereocenters. The summed E-state index contributed by atoms with van der Waals surface area (Å²) in [6, 6.07) is 27.2. The first-order chi connectivity index (χ1) is 23.5. The van der Waals surface area contributed by atoms with Gasteiger partial charge >= 0.3 is 5.97 Å². The second-order valence-electron chi connectivity index (χ2n) is 14.2. The smallest absolute Gasteiger partial charge is 0.336 e. The van der Waals surface area contributed by atoms with Crippen molar-refractivity contribution in [2.45, 2.75) is 50.5 Å². The monoisotopic (exact) mass is 649 g/mol. The van der Waals surface area contributed by atoms with Gasteiger partial charge in [-0.2, -0.15) is 0 Å². The number of hydrogen-bond acceptors (Lipinski definition) is 6. The number of aliphatic hydroxyl groups excluding tert-OH is 1. The number of hydrogen-bond donors (Lipinski definition) is 2. The summed E-state index contributed by atoms with van der Waals surface area (Å²) in [6.07, 6.45) is 4.74. The summed E-state index contributed by atoms with van der Waals surface area (Å²) in [5, 5.41) is 22.5. The molecular weight excluding hydrogens is 614 g/mol. The molecule has 0 amide bonds. The molecule has 2 bridgehead atoms. The van der Waals surface area contributed by atoms with Crippen LogP contribution in [0.3, 0.4) is 0 Å². The first-order valence-corrected chi connectivity index (χ1v) is 16.5. The topological polar surface area (TPSA) is 88.5 Å². The van der Waals surface area contributed by atoms with Gasteiger partial charge in [0.05, 0.1) is 11.1 Å². The number of carbonyl (C=O) groups is 1. The highest BCUT2D eigenvalue weighted by Crippen LogP contribution is 2.61. The van der Waals surface area contributed by atoms with Crippen molar-refractivity contribution in [3.8, 4) is 5.75 Å². The Balaban J connectivity index is 1.36. The van der Waals surface area contributed by atoms with E-state index in [1.165, 1.54) is 0 Å². The third-order valence-corrected chi connectivity index (χ3v) is 11.1. The molecule has 1 atom stereocenters. The van der Waals surface area contributed by atoms with E-state index in [1.807, 2.05) is 79.7 Å². The predicted octanol–water partition coefficient (Wildman–Crippen LogP) is 7.88. The van der Waals surface area contributed by atoms with E-state index in [1.54, 1.807) is 18.2 Å². The Bertz CT molecular complexity index is 2240. The highest BCUT2D eigenvalue weighted by Gasteiger charge is 2.60. The minimum Gasteiger partial charge on any atom is -0.478 e. The molecule has 4 aromatic rings. The lowest BCUT2D eigenvalue weighted by Crippen LogP contribution is -2.53. The SMILES string of the molecule is CC1=CC(C)(C)N(C)c2cc3c(cc21)C(c1ccccc1C(=O)O)=C1C=C(C24OOC(C)(c5ccccc52)c2ccccc24)C(O)C=C1O3. The fourth-order valence-electron chi connectivity index (χ4n) is 8.51. The highest BCUT2D eigenvalue weighted by molar-refractivity contribution is 6.01. The van der Waals surface area contributed by atoms with Crippen LogP contribution in [0.15, 0.2) is 120 Å². The van der Waals surface area contributed by atoms with E-state index < -0.39 is 23.3 Å². The van der Waals surface area contributed by atoms with E-state index >= 15 is 0 Å². The van der Waals surface area contributed by atoms with Crippen molar-refractivity contribution in [1.82, 2.24) is 0 Å². The van der Waals surface area contributed by atoms with Gasteiger partial charge in [0.15, 0.2) is 11.2 Å². The van der Waals surface area contributed by atoms with Crippen LogP contribution in [0.25, 0.3) is 11.1 Å². The van der Waals surface area contributed by atoms with Crippen molar-refractivity contribution in [3.05, 3.63) is 165 Å². The zero-order valence-corrected chi connectivity index (χ0v) is 27.9. The normalized spacial score (nSPS) is 25.5. The highest BCUT2D eigenvalue weighted by atomic mass is 17.2. The van der Waals surface area contributed by atoms with Crippen molar-refractivity contribution in [2.24, 2.45) is 0 Å². The van der Waals surface area contributed by atoms with Crippen LogP contribution in [0, 0.1) is 0 Å².